The maximum absolute atomic E-state index is 12.3. The summed E-state index contributed by atoms with van der Waals surface area (Å²) in [5.41, 5.74) is -1.04. The number of carbonyl (C=O) groups is 2. The molecule has 0 atom stereocenters. The molecule has 0 aliphatic heterocycles. The average molecular weight is 360 g/mol. The normalized spacial score (nSPS) is 12.0. The van der Waals surface area contributed by atoms with Gasteiger partial charge < -0.3 is 24.6 Å². The van der Waals surface area contributed by atoms with Crippen LogP contribution in [0.1, 0.15) is 54.4 Å². The first kappa shape index (κ1) is 23.5. The Bertz CT molecular complexity index is 412. The second kappa shape index (κ2) is 10.5. The van der Waals surface area contributed by atoms with Gasteiger partial charge >= 0.3 is 12.2 Å². The molecule has 0 spiro atoms. The fraction of sp³-hybridized carbons (Fsp3) is 0.889. The largest absolute Gasteiger partial charge is 0.444 e. The minimum absolute atomic E-state index is 0.316. The van der Waals surface area contributed by atoms with Gasteiger partial charge in [-0.3, -0.25) is 0 Å². The Labute approximate surface area is 153 Å². The third-order valence-corrected chi connectivity index (χ3v) is 2.96. The standard InChI is InChI=1S/C18H37N3O4/c1-17(2,3)24-15(22)19-11-9-13-21(14-10-12-20(7)8)16(23)25-18(4,5)6/h9-14H2,1-8H3,(H,19,22). The van der Waals surface area contributed by atoms with E-state index < -0.39 is 17.3 Å². The molecular formula is C18H37N3O4. The molecule has 0 aliphatic carbocycles. The highest BCUT2D eigenvalue weighted by Gasteiger charge is 2.22. The van der Waals surface area contributed by atoms with Crippen molar-refractivity contribution in [2.45, 2.75) is 65.6 Å². The van der Waals surface area contributed by atoms with E-state index in [9.17, 15) is 9.59 Å². The molecule has 0 saturated carbocycles. The lowest BCUT2D eigenvalue weighted by Gasteiger charge is -2.28. The maximum atomic E-state index is 12.3. The molecule has 25 heavy (non-hydrogen) atoms. The minimum Gasteiger partial charge on any atom is -0.444 e. The summed E-state index contributed by atoms with van der Waals surface area (Å²) in [6.45, 7) is 13.5. The number of nitrogens with zero attached hydrogens (tertiary/aromatic N) is 2. The van der Waals surface area contributed by atoms with Crippen molar-refractivity contribution in [2.75, 3.05) is 40.3 Å². The van der Waals surface area contributed by atoms with E-state index in [0.717, 1.165) is 13.0 Å². The fourth-order valence-corrected chi connectivity index (χ4v) is 1.97. The van der Waals surface area contributed by atoms with E-state index in [-0.39, 0.29) is 6.09 Å². The number of hydrogen-bond acceptors (Lipinski definition) is 5. The van der Waals surface area contributed by atoms with Crippen LogP contribution < -0.4 is 5.32 Å². The van der Waals surface area contributed by atoms with Crippen LogP contribution in [0.4, 0.5) is 9.59 Å². The summed E-state index contributed by atoms with van der Waals surface area (Å²) in [6.07, 6.45) is 0.749. The lowest BCUT2D eigenvalue weighted by molar-refractivity contribution is 0.0242. The molecule has 0 aliphatic rings. The van der Waals surface area contributed by atoms with Crippen molar-refractivity contribution < 1.29 is 19.1 Å². The van der Waals surface area contributed by atoms with Crippen molar-refractivity contribution in [1.29, 1.82) is 0 Å². The van der Waals surface area contributed by atoms with Crippen LogP contribution in [0.15, 0.2) is 0 Å². The van der Waals surface area contributed by atoms with Crippen molar-refractivity contribution in [3.63, 3.8) is 0 Å². The molecule has 2 amide bonds. The zero-order chi connectivity index (χ0) is 19.7. The van der Waals surface area contributed by atoms with Crippen molar-refractivity contribution >= 4 is 12.2 Å². The number of nitrogens with one attached hydrogen (secondary N) is 1. The molecule has 0 aromatic carbocycles. The summed E-state index contributed by atoms with van der Waals surface area (Å²) in [6, 6.07) is 0. The van der Waals surface area contributed by atoms with Gasteiger partial charge in [0.05, 0.1) is 0 Å². The van der Waals surface area contributed by atoms with Gasteiger partial charge in [0.15, 0.2) is 0 Å². The molecule has 0 aromatic rings. The van der Waals surface area contributed by atoms with Gasteiger partial charge in [0, 0.05) is 19.6 Å². The van der Waals surface area contributed by atoms with Crippen LogP contribution in [0.2, 0.25) is 0 Å². The van der Waals surface area contributed by atoms with E-state index in [1.807, 2.05) is 55.6 Å². The van der Waals surface area contributed by atoms with Crippen LogP contribution in [0, 0.1) is 0 Å². The number of rotatable bonds is 8. The van der Waals surface area contributed by atoms with E-state index in [1.165, 1.54) is 0 Å². The number of hydrogen-bond donors (Lipinski definition) is 1. The average Bonchev–Trinajstić information content (AvgIpc) is 2.36. The summed E-state index contributed by atoms with van der Waals surface area (Å²) >= 11 is 0. The summed E-state index contributed by atoms with van der Waals surface area (Å²) in [7, 11) is 4.01. The second-order valence-corrected chi connectivity index (χ2v) is 8.41. The van der Waals surface area contributed by atoms with Gasteiger partial charge in [-0.1, -0.05) is 0 Å². The van der Waals surface area contributed by atoms with Crippen molar-refractivity contribution in [3.8, 4) is 0 Å². The highest BCUT2D eigenvalue weighted by molar-refractivity contribution is 5.68. The van der Waals surface area contributed by atoms with Crippen LogP contribution in [-0.2, 0) is 9.47 Å². The Morgan fingerprint density at radius 2 is 1.36 bits per heavy atom. The molecule has 0 unspecified atom stereocenters. The maximum Gasteiger partial charge on any atom is 0.410 e. The predicted molar refractivity (Wildman–Crippen MR) is 99.8 cm³/mol. The first-order chi connectivity index (χ1) is 11.3. The highest BCUT2D eigenvalue weighted by atomic mass is 16.6. The van der Waals surface area contributed by atoms with Gasteiger partial charge in [-0.15, -0.1) is 0 Å². The van der Waals surface area contributed by atoms with Crippen LogP contribution in [0.25, 0.3) is 0 Å². The molecular weight excluding hydrogens is 322 g/mol. The Morgan fingerprint density at radius 3 is 1.84 bits per heavy atom. The summed E-state index contributed by atoms with van der Waals surface area (Å²) in [4.78, 5) is 27.7. The lowest BCUT2D eigenvalue weighted by Crippen LogP contribution is -2.40. The van der Waals surface area contributed by atoms with Crippen LogP contribution >= 0.6 is 0 Å². The molecule has 1 N–H and O–H groups in total. The van der Waals surface area contributed by atoms with Crippen LogP contribution in [-0.4, -0.2) is 73.5 Å². The minimum atomic E-state index is -0.522. The van der Waals surface area contributed by atoms with Crippen LogP contribution in [0.5, 0.6) is 0 Å². The molecule has 7 heteroatoms. The third-order valence-electron chi connectivity index (χ3n) is 2.96. The number of ether oxygens (including phenoxy) is 2. The first-order valence-electron chi connectivity index (χ1n) is 8.90. The number of amides is 2. The Balaban J connectivity index is 4.38. The Kier molecular flexibility index (Phi) is 9.85. The Hall–Kier alpha value is -1.50. The first-order valence-corrected chi connectivity index (χ1v) is 8.90. The van der Waals surface area contributed by atoms with E-state index >= 15 is 0 Å². The quantitative estimate of drug-likeness (QED) is 0.674. The van der Waals surface area contributed by atoms with E-state index in [2.05, 4.69) is 10.2 Å². The molecule has 0 saturated heterocycles. The molecule has 0 fully saturated rings. The molecule has 0 bridgehead atoms. The summed E-state index contributed by atoms with van der Waals surface area (Å²) in [5, 5.41) is 2.71. The Morgan fingerprint density at radius 1 is 0.840 bits per heavy atom. The summed E-state index contributed by atoms with van der Waals surface area (Å²) in [5.74, 6) is 0. The van der Waals surface area contributed by atoms with Gasteiger partial charge in [-0.2, -0.15) is 0 Å². The van der Waals surface area contributed by atoms with Gasteiger partial charge in [0.2, 0.25) is 0 Å². The smallest absolute Gasteiger partial charge is 0.410 e. The summed E-state index contributed by atoms with van der Waals surface area (Å²) < 4.78 is 10.7. The number of alkyl carbamates (subject to hydrolysis) is 1. The van der Waals surface area contributed by atoms with E-state index in [4.69, 9.17) is 9.47 Å². The van der Waals surface area contributed by atoms with Gasteiger partial charge in [0.25, 0.3) is 0 Å². The second-order valence-electron chi connectivity index (χ2n) is 8.41. The topological polar surface area (TPSA) is 71.1 Å². The molecule has 7 nitrogen and oxygen atoms in total. The molecule has 0 rings (SSSR count). The van der Waals surface area contributed by atoms with Gasteiger partial charge in [0.1, 0.15) is 11.2 Å². The molecule has 0 aromatic heterocycles. The van der Waals surface area contributed by atoms with Crippen molar-refractivity contribution in [1.82, 2.24) is 15.1 Å². The zero-order valence-corrected chi connectivity index (χ0v) is 17.3. The number of carbonyl (C=O) groups excluding carboxylic acids is 2. The SMILES string of the molecule is CN(C)CCCN(CCCNC(=O)OC(C)(C)C)C(=O)OC(C)(C)C. The lowest BCUT2D eigenvalue weighted by atomic mass is 10.2. The predicted octanol–water partition coefficient (Wildman–Crippen LogP) is 3.09. The monoisotopic (exact) mass is 359 g/mol. The van der Waals surface area contributed by atoms with Gasteiger partial charge in [-0.05, 0) is 75.0 Å². The molecule has 0 radical (unpaired) electrons. The van der Waals surface area contributed by atoms with E-state index in [0.29, 0.717) is 26.1 Å². The highest BCUT2D eigenvalue weighted by Crippen LogP contribution is 2.11. The van der Waals surface area contributed by atoms with Crippen LogP contribution in [0.3, 0.4) is 0 Å². The molecule has 0 heterocycles. The fourth-order valence-electron chi connectivity index (χ4n) is 1.97. The zero-order valence-electron chi connectivity index (χ0n) is 17.3. The van der Waals surface area contributed by atoms with Crippen molar-refractivity contribution in [2.24, 2.45) is 0 Å². The van der Waals surface area contributed by atoms with Crippen molar-refractivity contribution in [3.05, 3.63) is 0 Å². The third kappa shape index (κ3) is 14.5. The molecule has 148 valence electrons. The van der Waals surface area contributed by atoms with Gasteiger partial charge in [-0.25, -0.2) is 9.59 Å². The van der Waals surface area contributed by atoms with E-state index in [1.54, 1.807) is 4.90 Å².